The molecule has 0 unspecified atom stereocenters. The summed E-state index contributed by atoms with van der Waals surface area (Å²) >= 11 is 2.60. The normalized spacial score (nSPS) is 11.5. The van der Waals surface area contributed by atoms with Crippen molar-refractivity contribution < 1.29 is 5.11 Å². The largest absolute Gasteiger partial charge is 0.391 e. The van der Waals surface area contributed by atoms with Crippen LogP contribution in [0, 0.1) is 6.92 Å². The highest BCUT2D eigenvalue weighted by Crippen LogP contribution is 2.31. The molecule has 5 aromatic rings. The Labute approximate surface area is 196 Å². The number of benzene rings is 2. The molecule has 33 heavy (non-hydrogen) atoms. The molecular formula is C23H18N6O2S2. The maximum Gasteiger partial charge on any atom is 0.301 e. The van der Waals surface area contributed by atoms with Crippen LogP contribution in [0.25, 0.3) is 27.6 Å². The lowest BCUT2D eigenvalue weighted by molar-refractivity contribution is 0.284. The second-order valence-electron chi connectivity index (χ2n) is 7.09. The lowest BCUT2D eigenvalue weighted by Gasteiger charge is -1.98. The first-order valence-corrected chi connectivity index (χ1v) is 11.7. The van der Waals surface area contributed by atoms with Crippen LogP contribution in [0.15, 0.2) is 81.1 Å². The van der Waals surface area contributed by atoms with Crippen LogP contribution >= 0.6 is 22.7 Å². The zero-order valence-corrected chi connectivity index (χ0v) is 19.1. The van der Waals surface area contributed by atoms with Crippen molar-refractivity contribution in [3.63, 3.8) is 0 Å². The summed E-state index contributed by atoms with van der Waals surface area (Å²) in [4.78, 5) is 23.0. The summed E-state index contributed by atoms with van der Waals surface area (Å²) in [6.07, 6.45) is 0. The smallest absolute Gasteiger partial charge is 0.301 e. The molecule has 0 amide bonds. The van der Waals surface area contributed by atoms with Crippen LogP contribution in [0.5, 0.6) is 0 Å². The molecule has 0 aliphatic heterocycles. The molecular weight excluding hydrogens is 456 g/mol. The molecule has 0 spiro atoms. The van der Waals surface area contributed by atoms with E-state index >= 15 is 0 Å². The highest BCUT2D eigenvalue weighted by atomic mass is 32.1. The third-order valence-corrected chi connectivity index (χ3v) is 6.79. The second kappa shape index (κ2) is 9.02. The molecule has 5 rings (SSSR count). The van der Waals surface area contributed by atoms with Crippen LogP contribution in [0.3, 0.4) is 0 Å². The first-order chi connectivity index (χ1) is 16.1. The Morgan fingerprint density at radius 3 is 2.36 bits per heavy atom. The van der Waals surface area contributed by atoms with Gasteiger partial charge in [-0.25, -0.2) is 9.97 Å². The quantitative estimate of drug-likeness (QED) is 0.311. The van der Waals surface area contributed by atoms with E-state index in [1.54, 1.807) is 6.92 Å². The molecule has 0 saturated heterocycles. The monoisotopic (exact) mass is 474 g/mol. The molecule has 164 valence electrons. The molecule has 0 aliphatic rings. The van der Waals surface area contributed by atoms with Gasteiger partial charge in [-0.15, -0.1) is 21.6 Å². The number of nitrogens with zero attached hydrogens (tertiary/aromatic N) is 5. The third kappa shape index (κ3) is 4.19. The molecule has 8 nitrogen and oxygen atoms in total. The second-order valence-corrected chi connectivity index (χ2v) is 8.99. The van der Waals surface area contributed by atoms with Gasteiger partial charge >= 0.3 is 5.56 Å². The maximum atomic E-state index is 13.3. The molecule has 0 radical (unpaired) electrons. The SMILES string of the molecule is Cc1nc(N=Nc2c(-c3ccccc3)[nH]n(-c3nc(-c4ccccc4)cs3)c2=O)sc1CO. The van der Waals surface area contributed by atoms with Crippen LogP contribution in [-0.4, -0.2) is 24.9 Å². The van der Waals surface area contributed by atoms with Gasteiger partial charge in [0.15, 0.2) is 5.69 Å². The highest BCUT2D eigenvalue weighted by molar-refractivity contribution is 7.15. The van der Waals surface area contributed by atoms with Gasteiger partial charge in [0, 0.05) is 16.5 Å². The first-order valence-electron chi connectivity index (χ1n) is 10.0. The minimum absolute atomic E-state index is 0.112. The number of hydrogen-bond acceptors (Lipinski definition) is 8. The van der Waals surface area contributed by atoms with Crippen molar-refractivity contribution in [2.75, 3.05) is 0 Å². The van der Waals surface area contributed by atoms with Crippen molar-refractivity contribution in [1.82, 2.24) is 19.7 Å². The fraction of sp³-hybridized carbons (Fsp3) is 0.0870. The maximum absolute atomic E-state index is 13.3. The number of H-pyrrole nitrogens is 1. The van der Waals surface area contributed by atoms with Crippen LogP contribution in [0.2, 0.25) is 0 Å². The molecule has 10 heteroatoms. The minimum atomic E-state index is -0.359. The zero-order chi connectivity index (χ0) is 22.8. The van der Waals surface area contributed by atoms with Gasteiger partial charge < -0.3 is 5.11 Å². The van der Waals surface area contributed by atoms with Gasteiger partial charge in [-0.05, 0) is 6.92 Å². The lowest BCUT2D eigenvalue weighted by Crippen LogP contribution is -2.13. The van der Waals surface area contributed by atoms with Crippen molar-refractivity contribution in [1.29, 1.82) is 0 Å². The van der Waals surface area contributed by atoms with Gasteiger partial charge in [-0.2, -0.15) is 4.68 Å². The van der Waals surface area contributed by atoms with Crippen LogP contribution in [0.1, 0.15) is 10.6 Å². The van der Waals surface area contributed by atoms with E-state index in [9.17, 15) is 9.90 Å². The number of nitrogens with one attached hydrogen (secondary N) is 1. The number of aliphatic hydroxyl groups excluding tert-OH is 1. The molecule has 3 heterocycles. The predicted octanol–water partition coefficient (Wildman–Crippen LogP) is 5.63. The molecule has 0 bridgehead atoms. The number of aryl methyl sites for hydroxylation is 1. The van der Waals surface area contributed by atoms with Gasteiger partial charge in [0.1, 0.15) is 0 Å². The Hall–Kier alpha value is -3.73. The summed E-state index contributed by atoms with van der Waals surface area (Å²) in [6, 6.07) is 19.3. The predicted molar refractivity (Wildman–Crippen MR) is 130 cm³/mol. The summed E-state index contributed by atoms with van der Waals surface area (Å²) in [6.45, 7) is 1.69. The van der Waals surface area contributed by atoms with Crippen molar-refractivity contribution >= 4 is 33.5 Å². The third-order valence-electron chi connectivity index (χ3n) is 4.94. The highest BCUT2D eigenvalue weighted by Gasteiger charge is 2.19. The topological polar surface area (TPSA) is 109 Å². The van der Waals surface area contributed by atoms with Crippen LogP contribution < -0.4 is 5.56 Å². The van der Waals surface area contributed by atoms with Gasteiger partial charge in [0.25, 0.3) is 0 Å². The Bertz CT molecular complexity index is 1480. The van der Waals surface area contributed by atoms with E-state index in [0.717, 1.165) is 21.7 Å². The molecule has 0 fully saturated rings. The number of azo groups is 1. The Morgan fingerprint density at radius 2 is 1.70 bits per heavy atom. The first kappa shape index (κ1) is 21.1. The fourth-order valence-electron chi connectivity index (χ4n) is 3.27. The Balaban J connectivity index is 1.59. The van der Waals surface area contributed by atoms with Gasteiger partial charge in [0.2, 0.25) is 10.3 Å². The number of aliphatic hydroxyl groups is 1. The summed E-state index contributed by atoms with van der Waals surface area (Å²) in [5.74, 6) is 0. The summed E-state index contributed by atoms with van der Waals surface area (Å²) in [5, 5.41) is 23.8. The zero-order valence-electron chi connectivity index (χ0n) is 17.5. The van der Waals surface area contributed by atoms with E-state index in [4.69, 9.17) is 0 Å². The number of thiazole rings is 2. The molecule has 0 atom stereocenters. The summed E-state index contributed by atoms with van der Waals surface area (Å²) in [5.41, 5.74) is 3.60. The standard InChI is InChI=1S/C23H18N6O2S2/c1-14-18(12-30)33-22(24-14)27-26-20-19(16-10-6-3-7-11-16)28-29(21(20)31)23-25-17(13-32-23)15-8-4-2-5-9-15/h2-11,13,28,30H,12H2,1H3. The lowest BCUT2D eigenvalue weighted by atomic mass is 10.1. The molecule has 0 saturated carbocycles. The number of hydrogen-bond donors (Lipinski definition) is 2. The van der Waals surface area contributed by atoms with Crippen molar-refractivity contribution in [2.24, 2.45) is 10.2 Å². The van der Waals surface area contributed by atoms with Crippen molar-refractivity contribution in [3.8, 4) is 27.6 Å². The molecule has 2 N–H and O–H groups in total. The van der Waals surface area contributed by atoms with Gasteiger partial charge in [-0.3, -0.25) is 9.89 Å². The van der Waals surface area contributed by atoms with Crippen molar-refractivity contribution in [3.05, 3.63) is 87.0 Å². The van der Waals surface area contributed by atoms with Crippen LogP contribution in [-0.2, 0) is 6.61 Å². The van der Waals surface area contributed by atoms with Gasteiger partial charge in [-0.1, -0.05) is 72.0 Å². The van der Waals surface area contributed by atoms with Crippen LogP contribution in [0.4, 0.5) is 10.8 Å². The van der Waals surface area contributed by atoms with E-state index in [1.165, 1.54) is 27.4 Å². The summed E-state index contributed by atoms with van der Waals surface area (Å²) in [7, 11) is 0. The number of rotatable bonds is 6. The van der Waals surface area contributed by atoms with Crippen molar-refractivity contribution in [2.45, 2.75) is 13.5 Å². The average Bonchev–Trinajstić information content (AvgIpc) is 3.56. The van der Waals surface area contributed by atoms with E-state index < -0.39 is 0 Å². The van der Waals surface area contributed by atoms with E-state index in [1.807, 2.05) is 66.0 Å². The molecule has 0 aliphatic carbocycles. The molecule has 3 aromatic heterocycles. The minimum Gasteiger partial charge on any atom is -0.391 e. The van der Waals surface area contributed by atoms with E-state index in [-0.39, 0.29) is 17.9 Å². The summed E-state index contributed by atoms with van der Waals surface area (Å²) < 4.78 is 1.39. The fourth-order valence-corrected chi connectivity index (χ4v) is 4.80. The number of aromatic amines is 1. The van der Waals surface area contributed by atoms with E-state index in [2.05, 4.69) is 25.3 Å². The Morgan fingerprint density at radius 1 is 1.00 bits per heavy atom. The Kier molecular flexibility index (Phi) is 5.78. The average molecular weight is 475 g/mol. The van der Waals surface area contributed by atoms with Gasteiger partial charge in [0.05, 0.1) is 28.6 Å². The molecule has 2 aromatic carbocycles. The van der Waals surface area contributed by atoms with E-state index in [0.29, 0.717) is 21.7 Å². The number of aromatic nitrogens is 4.